The molecule has 0 saturated carbocycles. The van der Waals surface area contributed by atoms with E-state index in [-0.39, 0.29) is 0 Å². The van der Waals surface area contributed by atoms with Gasteiger partial charge in [-0.2, -0.15) is 5.26 Å². The summed E-state index contributed by atoms with van der Waals surface area (Å²) in [6.45, 7) is 6.54. The molecule has 0 saturated heterocycles. The Bertz CT molecular complexity index is 335. The molecule has 0 fully saturated rings. The van der Waals surface area contributed by atoms with Crippen molar-refractivity contribution >= 4 is 5.82 Å². The lowest BCUT2D eigenvalue weighted by Gasteiger charge is -2.16. The molecular weight excluding hydrogens is 186 g/mol. The summed E-state index contributed by atoms with van der Waals surface area (Å²) in [5.74, 6) is 1.51. The molecule has 0 bridgehead atoms. The highest BCUT2D eigenvalue weighted by atomic mass is 15.0. The Hall–Kier alpha value is -1.56. The maximum Gasteiger partial charge on any atom is 0.126 e. The van der Waals surface area contributed by atoms with Crippen molar-refractivity contribution in [3.05, 3.63) is 23.9 Å². The number of anilines is 1. The molecule has 0 aliphatic carbocycles. The zero-order chi connectivity index (χ0) is 11.3. The number of pyridine rings is 1. The highest BCUT2D eigenvalue weighted by Gasteiger charge is 2.05. The van der Waals surface area contributed by atoms with Gasteiger partial charge >= 0.3 is 0 Å². The summed E-state index contributed by atoms with van der Waals surface area (Å²) in [6.07, 6.45) is 2.70. The fourth-order valence-corrected chi connectivity index (χ4v) is 1.56. The minimum atomic E-state index is 0.408. The number of nitrogens with one attached hydrogen (secondary N) is 1. The predicted molar refractivity (Wildman–Crippen MR) is 61.5 cm³/mol. The van der Waals surface area contributed by atoms with E-state index >= 15 is 0 Å². The van der Waals surface area contributed by atoms with Crippen LogP contribution < -0.4 is 5.32 Å². The van der Waals surface area contributed by atoms with Crippen LogP contribution in [0.15, 0.2) is 18.3 Å². The second-order valence-corrected chi connectivity index (χ2v) is 4.22. The van der Waals surface area contributed by atoms with Crippen LogP contribution in [0, 0.1) is 17.2 Å². The third kappa shape index (κ3) is 3.99. The second kappa shape index (κ2) is 5.35. The number of nitriles is 1. The zero-order valence-corrected chi connectivity index (χ0v) is 9.49. The van der Waals surface area contributed by atoms with Crippen molar-refractivity contribution in [3.8, 4) is 6.07 Å². The van der Waals surface area contributed by atoms with E-state index in [1.54, 1.807) is 12.3 Å². The summed E-state index contributed by atoms with van der Waals surface area (Å²) in [4.78, 5) is 4.16. The van der Waals surface area contributed by atoms with Crippen molar-refractivity contribution in [1.29, 1.82) is 5.26 Å². The Labute approximate surface area is 91.1 Å². The molecule has 1 unspecified atom stereocenters. The van der Waals surface area contributed by atoms with Crippen LogP contribution >= 0.6 is 0 Å². The smallest absolute Gasteiger partial charge is 0.126 e. The third-order valence-electron chi connectivity index (χ3n) is 2.11. The van der Waals surface area contributed by atoms with E-state index in [0.717, 1.165) is 12.2 Å². The van der Waals surface area contributed by atoms with Crippen molar-refractivity contribution in [2.24, 2.45) is 5.92 Å². The van der Waals surface area contributed by atoms with Gasteiger partial charge in [0, 0.05) is 12.2 Å². The van der Waals surface area contributed by atoms with Crippen LogP contribution in [-0.4, -0.2) is 11.0 Å². The summed E-state index contributed by atoms with van der Waals surface area (Å²) in [5.41, 5.74) is 0.595. The molecule has 1 atom stereocenters. The van der Waals surface area contributed by atoms with Gasteiger partial charge in [0.1, 0.15) is 11.9 Å². The first-order valence-electron chi connectivity index (χ1n) is 5.24. The van der Waals surface area contributed by atoms with Crippen molar-refractivity contribution in [3.63, 3.8) is 0 Å². The Morgan fingerprint density at radius 1 is 1.40 bits per heavy atom. The lowest BCUT2D eigenvalue weighted by Crippen LogP contribution is -2.18. The highest BCUT2D eigenvalue weighted by molar-refractivity contribution is 5.39. The van der Waals surface area contributed by atoms with E-state index in [2.05, 4.69) is 31.1 Å². The molecule has 0 aliphatic heterocycles. The van der Waals surface area contributed by atoms with Crippen LogP contribution in [0.3, 0.4) is 0 Å². The number of rotatable bonds is 4. The minimum Gasteiger partial charge on any atom is -0.368 e. The summed E-state index contributed by atoms with van der Waals surface area (Å²) in [5, 5.41) is 11.9. The molecule has 3 heteroatoms. The fourth-order valence-electron chi connectivity index (χ4n) is 1.56. The quantitative estimate of drug-likeness (QED) is 0.818. The molecule has 15 heavy (non-hydrogen) atoms. The van der Waals surface area contributed by atoms with Crippen molar-refractivity contribution in [2.75, 3.05) is 5.32 Å². The zero-order valence-electron chi connectivity index (χ0n) is 9.49. The van der Waals surface area contributed by atoms with E-state index < -0.39 is 0 Å². The Balaban J connectivity index is 2.54. The van der Waals surface area contributed by atoms with Crippen LogP contribution in [0.2, 0.25) is 0 Å². The average molecular weight is 203 g/mol. The van der Waals surface area contributed by atoms with E-state index in [4.69, 9.17) is 5.26 Å². The molecule has 3 nitrogen and oxygen atoms in total. The van der Waals surface area contributed by atoms with Gasteiger partial charge in [0.05, 0.1) is 5.56 Å². The first-order chi connectivity index (χ1) is 7.11. The molecule has 1 aromatic rings. The van der Waals surface area contributed by atoms with E-state index in [1.165, 1.54) is 0 Å². The third-order valence-corrected chi connectivity index (χ3v) is 2.11. The van der Waals surface area contributed by atoms with Crippen molar-refractivity contribution < 1.29 is 0 Å². The first-order valence-corrected chi connectivity index (χ1v) is 5.24. The first kappa shape index (κ1) is 11.5. The van der Waals surface area contributed by atoms with Gasteiger partial charge in [-0.25, -0.2) is 4.98 Å². The largest absolute Gasteiger partial charge is 0.368 e. The molecule has 0 spiro atoms. The molecule has 0 aromatic carbocycles. The van der Waals surface area contributed by atoms with Gasteiger partial charge in [0.25, 0.3) is 0 Å². The number of nitrogens with zero attached hydrogens (tertiary/aromatic N) is 2. The van der Waals surface area contributed by atoms with Gasteiger partial charge in [0.2, 0.25) is 0 Å². The number of hydrogen-bond acceptors (Lipinski definition) is 3. The second-order valence-electron chi connectivity index (χ2n) is 4.22. The molecule has 0 amide bonds. The molecule has 1 N–H and O–H groups in total. The molecule has 0 aliphatic rings. The summed E-state index contributed by atoms with van der Waals surface area (Å²) in [6, 6.07) is 6.08. The SMILES string of the molecule is CC(C)CC(C)Nc1ccc(C#N)cn1. The number of aromatic nitrogens is 1. The van der Waals surface area contributed by atoms with Crippen LogP contribution in [0.25, 0.3) is 0 Å². The predicted octanol–water partition coefficient (Wildman–Crippen LogP) is 2.80. The summed E-state index contributed by atoms with van der Waals surface area (Å²) < 4.78 is 0. The van der Waals surface area contributed by atoms with Gasteiger partial charge in [0.15, 0.2) is 0 Å². The Morgan fingerprint density at radius 2 is 2.13 bits per heavy atom. The molecule has 0 radical (unpaired) electrons. The normalized spacial score (nSPS) is 12.2. The van der Waals surface area contributed by atoms with Gasteiger partial charge in [-0.15, -0.1) is 0 Å². The van der Waals surface area contributed by atoms with Crippen molar-refractivity contribution in [2.45, 2.75) is 33.2 Å². The summed E-state index contributed by atoms with van der Waals surface area (Å²) >= 11 is 0. The van der Waals surface area contributed by atoms with Crippen LogP contribution in [-0.2, 0) is 0 Å². The highest BCUT2D eigenvalue weighted by Crippen LogP contribution is 2.10. The lowest BCUT2D eigenvalue weighted by molar-refractivity contribution is 0.539. The maximum atomic E-state index is 8.62. The molecule has 80 valence electrons. The van der Waals surface area contributed by atoms with Crippen LogP contribution in [0.5, 0.6) is 0 Å². The van der Waals surface area contributed by atoms with Crippen LogP contribution in [0.1, 0.15) is 32.8 Å². The van der Waals surface area contributed by atoms with Gasteiger partial charge in [-0.05, 0) is 31.4 Å². The topological polar surface area (TPSA) is 48.7 Å². The van der Waals surface area contributed by atoms with Gasteiger partial charge in [-0.1, -0.05) is 13.8 Å². The molecule has 1 rings (SSSR count). The standard InChI is InChI=1S/C12H17N3/c1-9(2)6-10(3)15-12-5-4-11(7-13)8-14-12/h4-5,8-10H,6H2,1-3H3,(H,14,15). The fraction of sp³-hybridized carbons (Fsp3) is 0.500. The van der Waals surface area contributed by atoms with Crippen LogP contribution in [0.4, 0.5) is 5.82 Å². The summed E-state index contributed by atoms with van der Waals surface area (Å²) in [7, 11) is 0. The number of hydrogen-bond donors (Lipinski definition) is 1. The van der Waals surface area contributed by atoms with E-state index in [0.29, 0.717) is 17.5 Å². The van der Waals surface area contributed by atoms with Gasteiger partial charge < -0.3 is 5.32 Å². The lowest BCUT2D eigenvalue weighted by atomic mass is 10.1. The molecule has 1 heterocycles. The Morgan fingerprint density at radius 3 is 2.60 bits per heavy atom. The maximum absolute atomic E-state index is 8.62. The minimum absolute atomic E-state index is 0.408. The monoisotopic (exact) mass is 203 g/mol. The molecular formula is C12H17N3. The van der Waals surface area contributed by atoms with Gasteiger partial charge in [-0.3, -0.25) is 0 Å². The van der Waals surface area contributed by atoms with E-state index in [1.807, 2.05) is 12.1 Å². The Kier molecular flexibility index (Phi) is 4.11. The van der Waals surface area contributed by atoms with E-state index in [9.17, 15) is 0 Å². The molecule has 1 aromatic heterocycles. The average Bonchev–Trinajstić information content (AvgIpc) is 2.17. The van der Waals surface area contributed by atoms with Crippen molar-refractivity contribution in [1.82, 2.24) is 4.98 Å².